The maximum atomic E-state index is 12.5. The molecule has 0 aliphatic carbocycles. The molecule has 1 aromatic heterocycles. The number of nitrogens with one attached hydrogen (secondary N) is 1. The third-order valence-corrected chi connectivity index (χ3v) is 3.74. The number of aromatic carboxylic acids is 1. The van der Waals surface area contributed by atoms with Crippen molar-refractivity contribution in [3.8, 4) is 0 Å². The van der Waals surface area contributed by atoms with Crippen LogP contribution in [-0.4, -0.2) is 16.1 Å². The van der Waals surface area contributed by atoms with E-state index < -0.39 is 5.97 Å². The Kier molecular flexibility index (Phi) is 2.61. The molecule has 2 aromatic carbocycles. The number of aromatic nitrogens is 1. The van der Waals surface area contributed by atoms with Gasteiger partial charge >= 0.3 is 5.97 Å². The molecule has 0 aliphatic heterocycles. The predicted octanol–water partition coefficient (Wildman–Crippen LogP) is 3.00. The molecular formula is C16H13NO3. The SMILES string of the molecule is Cc1cc2c(=O)c3ccccc3[nH]c2c(C(=O)O)c1C. The van der Waals surface area contributed by atoms with Crippen molar-refractivity contribution in [3.63, 3.8) is 0 Å². The molecule has 0 atom stereocenters. The van der Waals surface area contributed by atoms with Crippen molar-refractivity contribution < 1.29 is 9.90 Å². The van der Waals surface area contributed by atoms with Gasteiger partial charge in [0.05, 0.1) is 11.1 Å². The molecule has 3 rings (SSSR count). The number of hydrogen-bond donors (Lipinski definition) is 2. The summed E-state index contributed by atoms with van der Waals surface area (Å²) in [5, 5.41) is 10.4. The molecule has 0 aliphatic rings. The Labute approximate surface area is 114 Å². The van der Waals surface area contributed by atoms with E-state index in [4.69, 9.17) is 0 Å². The second-order valence-electron chi connectivity index (χ2n) is 4.92. The summed E-state index contributed by atoms with van der Waals surface area (Å²) in [6.45, 7) is 3.57. The van der Waals surface area contributed by atoms with Crippen molar-refractivity contribution in [1.29, 1.82) is 0 Å². The highest BCUT2D eigenvalue weighted by atomic mass is 16.4. The molecule has 4 nitrogen and oxygen atoms in total. The van der Waals surface area contributed by atoms with Crippen molar-refractivity contribution >= 4 is 27.8 Å². The van der Waals surface area contributed by atoms with E-state index in [0.29, 0.717) is 27.4 Å². The highest BCUT2D eigenvalue weighted by Crippen LogP contribution is 2.24. The standard InChI is InChI=1S/C16H13NO3/c1-8-7-11-14(13(9(8)2)16(19)20)17-12-6-4-3-5-10(12)15(11)18/h3-7H,1-2H3,(H,17,18)(H,19,20). The second-order valence-corrected chi connectivity index (χ2v) is 4.92. The zero-order valence-corrected chi connectivity index (χ0v) is 11.2. The Hall–Kier alpha value is -2.62. The number of para-hydroxylation sites is 1. The molecule has 20 heavy (non-hydrogen) atoms. The molecule has 0 bridgehead atoms. The highest BCUT2D eigenvalue weighted by Gasteiger charge is 2.17. The largest absolute Gasteiger partial charge is 0.478 e. The van der Waals surface area contributed by atoms with Crippen molar-refractivity contribution in [2.75, 3.05) is 0 Å². The molecule has 2 N–H and O–H groups in total. The maximum absolute atomic E-state index is 12.5. The van der Waals surface area contributed by atoms with E-state index in [2.05, 4.69) is 4.98 Å². The van der Waals surface area contributed by atoms with Crippen molar-refractivity contribution in [1.82, 2.24) is 4.98 Å². The fourth-order valence-corrected chi connectivity index (χ4v) is 2.56. The number of carbonyl (C=O) groups is 1. The van der Waals surface area contributed by atoms with Crippen LogP contribution < -0.4 is 5.43 Å². The van der Waals surface area contributed by atoms with E-state index in [0.717, 1.165) is 5.56 Å². The Morgan fingerprint density at radius 3 is 2.55 bits per heavy atom. The van der Waals surface area contributed by atoms with E-state index in [1.165, 1.54) is 0 Å². The van der Waals surface area contributed by atoms with Gasteiger partial charge in [0.2, 0.25) is 0 Å². The Bertz CT molecular complexity index is 922. The number of benzene rings is 2. The quantitative estimate of drug-likeness (QED) is 0.666. The lowest BCUT2D eigenvalue weighted by Gasteiger charge is -2.10. The molecule has 0 unspecified atom stereocenters. The minimum absolute atomic E-state index is 0.139. The van der Waals surface area contributed by atoms with Gasteiger partial charge in [0.15, 0.2) is 5.43 Å². The summed E-state index contributed by atoms with van der Waals surface area (Å²) in [4.78, 5) is 27.1. The van der Waals surface area contributed by atoms with Crippen LogP contribution in [0.3, 0.4) is 0 Å². The van der Waals surface area contributed by atoms with E-state index >= 15 is 0 Å². The molecule has 0 saturated carbocycles. The molecule has 0 radical (unpaired) electrons. The van der Waals surface area contributed by atoms with E-state index in [9.17, 15) is 14.7 Å². The van der Waals surface area contributed by atoms with E-state index in [1.807, 2.05) is 13.0 Å². The summed E-state index contributed by atoms with van der Waals surface area (Å²) in [7, 11) is 0. The first kappa shape index (κ1) is 12.4. The lowest BCUT2D eigenvalue weighted by molar-refractivity contribution is 0.0698. The van der Waals surface area contributed by atoms with E-state index in [1.54, 1.807) is 31.2 Å². The molecule has 100 valence electrons. The van der Waals surface area contributed by atoms with Crippen LogP contribution >= 0.6 is 0 Å². The number of pyridine rings is 1. The van der Waals surface area contributed by atoms with Gasteiger partial charge in [-0.25, -0.2) is 4.79 Å². The first-order valence-electron chi connectivity index (χ1n) is 6.29. The lowest BCUT2D eigenvalue weighted by atomic mass is 9.97. The highest BCUT2D eigenvalue weighted by molar-refractivity contribution is 6.06. The Morgan fingerprint density at radius 2 is 1.85 bits per heavy atom. The molecule has 0 amide bonds. The molecular weight excluding hydrogens is 254 g/mol. The Morgan fingerprint density at radius 1 is 1.15 bits per heavy atom. The zero-order valence-electron chi connectivity index (χ0n) is 11.2. The van der Waals surface area contributed by atoms with Crippen molar-refractivity contribution in [3.05, 3.63) is 57.2 Å². The third kappa shape index (κ3) is 1.61. The van der Waals surface area contributed by atoms with Crippen LogP contribution in [0, 0.1) is 13.8 Å². The smallest absolute Gasteiger partial charge is 0.338 e. The van der Waals surface area contributed by atoms with E-state index in [-0.39, 0.29) is 11.0 Å². The summed E-state index contributed by atoms with van der Waals surface area (Å²) in [5.74, 6) is -1.03. The van der Waals surface area contributed by atoms with Gasteiger partial charge in [0, 0.05) is 16.3 Å². The number of carboxylic acids is 1. The van der Waals surface area contributed by atoms with Crippen molar-refractivity contribution in [2.24, 2.45) is 0 Å². The summed E-state index contributed by atoms with van der Waals surface area (Å²) in [6, 6.07) is 8.87. The average Bonchev–Trinajstić information content (AvgIpc) is 2.41. The molecule has 3 aromatic rings. The zero-order chi connectivity index (χ0) is 14.4. The van der Waals surface area contributed by atoms with Crippen LogP contribution in [0.4, 0.5) is 0 Å². The monoisotopic (exact) mass is 267 g/mol. The number of H-pyrrole nitrogens is 1. The number of hydrogen-bond acceptors (Lipinski definition) is 2. The number of carboxylic acid groups (broad SMARTS) is 1. The van der Waals surface area contributed by atoms with Crippen LogP contribution in [0.25, 0.3) is 21.8 Å². The molecule has 0 spiro atoms. The molecule has 4 heteroatoms. The number of aryl methyl sites for hydroxylation is 1. The molecule has 1 heterocycles. The first-order chi connectivity index (χ1) is 9.50. The molecule has 0 saturated heterocycles. The van der Waals surface area contributed by atoms with Gasteiger partial charge in [0.25, 0.3) is 0 Å². The minimum Gasteiger partial charge on any atom is -0.478 e. The summed E-state index contributed by atoms with van der Waals surface area (Å²) < 4.78 is 0. The third-order valence-electron chi connectivity index (χ3n) is 3.74. The van der Waals surface area contributed by atoms with Gasteiger partial charge in [-0.05, 0) is 43.2 Å². The average molecular weight is 267 g/mol. The Balaban J connectivity index is 2.65. The lowest BCUT2D eigenvalue weighted by Crippen LogP contribution is -2.10. The van der Waals surface area contributed by atoms with Crippen LogP contribution in [0.1, 0.15) is 21.5 Å². The molecule has 0 fully saturated rings. The summed E-state index contributed by atoms with van der Waals surface area (Å²) >= 11 is 0. The van der Waals surface area contributed by atoms with Gasteiger partial charge in [-0.3, -0.25) is 4.79 Å². The van der Waals surface area contributed by atoms with Crippen LogP contribution in [-0.2, 0) is 0 Å². The fraction of sp³-hybridized carbons (Fsp3) is 0.125. The fourth-order valence-electron chi connectivity index (χ4n) is 2.56. The predicted molar refractivity (Wildman–Crippen MR) is 78.5 cm³/mol. The van der Waals surface area contributed by atoms with Gasteiger partial charge < -0.3 is 10.1 Å². The minimum atomic E-state index is -1.03. The number of aromatic amines is 1. The number of rotatable bonds is 1. The maximum Gasteiger partial charge on any atom is 0.338 e. The van der Waals surface area contributed by atoms with Gasteiger partial charge in [-0.1, -0.05) is 12.1 Å². The van der Waals surface area contributed by atoms with Crippen LogP contribution in [0.5, 0.6) is 0 Å². The van der Waals surface area contributed by atoms with Gasteiger partial charge in [0.1, 0.15) is 0 Å². The van der Waals surface area contributed by atoms with Crippen molar-refractivity contribution in [2.45, 2.75) is 13.8 Å². The van der Waals surface area contributed by atoms with Crippen LogP contribution in [0.15, 0.2) is 35.1 Å². The summed E-state index contributed by atoms with van der Waals surface area (Å²) in [6.07, 6.45) is 0. The van der Waals surface area contributed by atoms with Crippen LogP contribution in [0.2, 0.25) is 0 Å². The first-order valence-corrected chi connectivity index (χ1v) is 6.29. The van der Waals surface area contributed by atoms with Gasteiger partial charge in [-0.15, -0.1) is 0 Å². The summed E-state index contributed by atoms with van der Waals surface area (Å²) in [5.41, 5.74) is 2.55. The topological polar surface area (TPSA) is 70.2 Å². The number of fused-ring (bicyclic) bond motifs is 2. The second kappa shape index (κ2) is 4.20. The normalized spacial score (nSPS) is 11.1. The van der Waals surface area contributed by atoms with Gasteiger partial charge in [-0.2, -0.15) is 0 Å².